The summed E-state index contributed by atoms with van der Waals surface area (Å²) in [5.74, 6) is 0.827. The first kappa shape index (κ1) is 20.7. The molecule has 8 nitrogen and oxygen atoms in total. The summed E-state index contributed by atoms with van der Waals surface area (Å²) in [7, 11) is 0. The minimum atomic E-state index is -0.536. The highest BCUT2D eigenvalue weighted by Crippen LogP contribution is 2.46. The van der Waals surface area contributed by atoms with Crippen molar-refractivity contribution in [3.05, 3.63) is 82.9 Å². The number of hydrogen-bond acceptors (Lipinski definition) is 6. The summed E-state index contributed by atoms with van der Waals surface area (Å²) < 4.78 is 11.1. The molecule has 5 rings (SSSR count). The maximum Gasteiger partial charge on any atom is 0.273 e. The van der Waals surface area contributed by atoms with Gasteiger partial charge in [-0.1, -0.05) is 17.7 Å². The quantitative estimate of drug-likeness (QED) is 0.402. The minimum absolute atomic E-state index is 0.0199. The number of rotatable bonds is 6. The van der Waals surface area contributed by atoms with Crippen molar-refractivity contribution in [3.8, 4) is 28.5 Å². The van der Waals surface area contributed by atoms with Crippen LogP contribution in [0.2, 0.25) is 0 Å². The van der Waals surface area contributed by atoms with Crippen LogP contribution in [0.3, 0.4) is 0 Å². The summed E-state index contributed by atoms with van der Waals surface area (Å²) in [6.07, 6.45) is 1.57. The standard InChI is InChI=1S/C25H23N3O5/c1-3-32-20-12-15(7-9-19(20)30)24-21-22(17-11-14(2)6-8-18(17)29)26-27-23(21)25(31)28(24)13-16-5-4-10-33-16/h4-12,24,29-30H,3,13H2,1-2H3,(H,26,27)/t24-/m1/s1. The Morgan fingerprint density at radius 2 is 1.97 bits per heavy atom. The Morgan fingerprint density at radius 3 is 2.73 bits per heavy atom. The largest absolute Gasteiger partial charge is 0.507 e. The van der Waals surface area contributed by atoms with Crippen LogP contribution in [0.5, 0.6) is 17.2 Å². The van der Waals surface area contributed by atoms with Crippen LogP contribution in [0.1, 0.15) is 45.9 Å². The first-order valence-corrected chi connectivity index (χ1v) is 10.6. The molecule has 1 amide bonds. The van der Waals surface area contributed by atoms with Gasteiger partial charge in [0.15, 0.2) is 11.5 Å². The number of carbonyl (C=O) groups is 1. The topological polar surface area (TPSA) is 112 Å². The fraction of sp³-hybridized carbons (Fsp3) is 0.200. The molecule has 4 aromatic rings. The van der Waals surface area contributed by atoms with Gasteiger partial charge in [0.1, 0.15) is 22.9 Å². The zero-order valence-electron chi connectivity index (χ0n) is 18.2. The second-order valence-corrected chi connectivity index (χ2v) is 7.96. The van der Waals surface area contributed by atoms with Crippen LogP contribution in [-0.4, -0.2) is 37.8 Å². The molecule has 0 bridgehead atoms. The van der Waals surface area contributed by atoms with E-state index in [4.69, 9.17) is 9.15 Å². The number of carbonyl (C=O) groups excluding carboxylic acids is 1. The lowest BCUT2D eigenvalue weighted by atomic mass is 9.94. The Kier molecular flexibility index (Phi) is 5.05. The molecule has 33 heavy (non-hydrogen) atoms. The van der Waals surface area contributed by atoms with Crippen LogP contribution in [0, 0.1) is 6.92 Å². The van der Waals surface area contributed by atoms with Gasteiger partial charge in [0.25, 0.3) is 5.91 Å². The maximum absolute atomic E-state index is 13.5. The highest BCUT2D eigenvalue weighted by molar-refractivity contribution is 6.00. The molecule has 0 spiro atoms. The van der Waals surface area contributed by atoms with Crippen LogP contribution < -0.4 is 4.74 Å². The number of aromatic amines is 1. The zero-order chi connectivity index (χ0) is 23.1. The second kappa shape index (κ2) is 8.05. The Balaban J connectivity index is 1.69. The van der Waals surface area contributed by atoms with Crippen molar-refractivity contribution in [3.63, 3.8) is 0 Å². The van der Waals surface area contributed by atoms with E-state index in [0.717, 1.165) is 11.1 Å². The van der Waals surface area contributed by atoms with Gasteiger partial charge in [-0.15, -0.1) is 0 Å². The number of aryl methyl sites for hydroxylation is 1. The van der Waals surface area contributed by atoms with Crippen molar-refractivity contribution in [2.45, 2.75) is 26.4 Å². The molecule has 2 aromatic carbocycles. The molecular weight excluding hydrogens is 422 g/mol. The van der Waals surface area contributed by atoms with Gasteiger partial charge in [0.2, 0.25) is 0 Å². The number of phenolic OH excluding ortho intramolecular Hbond substituents is 2. The Labute approximate surface area is 190 Å². The fourth-order valence-electron chi connectivity index (χ4n) is 4.29. The minimum Gasteiger partial charge on any atom is -0.507 e. The molecule has 3 heterocycles. The average Bonchev–Trinajstić information content (AvgIpc) is 3.52. The Bertz CT molecular complexity index is 1330. The highest BCUT2D eigenvalue weighted by atomic mass is 16.5. The molecule has 3 N–H and O–H groups in total. The van der Waals surface area contributed by atoms with E-state index in [9.17, 15) is 15.0 Å². The number of furan rings is 1. The highest BCUT2D eigenvalue weighted by Gasteiger charge is 2.43. The number of ether oxygens (including phenoxy) is 1. The van der Waals surface area contributed by atoms with Crippen LogP contribution in [0.15, 0.2) is 59.2 Å². The molecule has 8 heteroatoms. The van der Waals surface area contributed by atoms with E-state index in [-0.39, 0.29) is 24.0 Å². The Morgan fingerprint density at radius 1 is 1.15 bits per heavy atom. The van der Waals surface area contributed by atoms with Crippen molar-refractivity contribution in [2.75, 3.05) is 6.61 Å². The van der Waals surface area contributed by atoms with E-state index in [0.29, 0.717) is 40.6 Å². The molecule has 0 saturated heterocycles. The van der Waals surface area contributed by atoms with E-state index in [2.05, 4.69) is 10.2 Å². The van der Waals surface area contributed by atoms with Crippen molar-refractivity contribution in [1.29, 1.82) is 0 Å². The number of benzene rings is 2. The van der Waals surface area contributed by atoms with Gasteiger partial charge in [-0.3, -0.25) is 9.89 Å². The van der Waals surface area contributed by atoms with Crippen molar-refractivity contribution < 1.29 is 24.2 Å². The number of nitrogens with zero attached hydrogens (tertiary/aromatic N) is 2. The predicted molar refractivity (Wildman–Crippen MR) is 120 cm³/mol. The molecule has 2 aromatic heterocycles. The van der Waals surface area contributed by atoms with Gasteiger partial charge in [-0.2, -0.15) is 5.10 Å². The monoisotopic (exact) mass is 445 g/mol. The third kappa shape index (κ3) is 3.49. The number of fused-ring (bicyclic) bond motifs is 1. The maximum atomic E-state index is 13.5. The molecule has 0 fully saturated rings. The lowest BCUT2D eigenvalue weighted by Crippen LogP contribution is -2.29. The van der Waals surface area contributed by atoms with E-state index < -0.39 is 6.04 Å². The van der Waals surface area contributed by atoms with Crippen molar-refractivity contribution >= 4 is 5.91 Å². The van der Waals surface area contributed by atoms with Gasteiger partial charge in [0, 0.05) is 11.1 Å². The number of aromatic nitrogens is 2. The summed E-state index contributed by atoms with van der Waals surface area (Å²) in [5.41, 5.74) is 3.74. The number of aromatic hydroxyl groups is 2. The molecule has 0 aliphatic carbocycles. The van der Waals surface area contributed by atoms with E-state index in [1.54, 1.807) is 41.5 Å². The summed E-state index contributed by atoms with van der Waals surface area (Å²) in [6, 6.07) is 13.4. The number of phenols is 2. The van der Waals surface area contributed by atoms with Crippen LogP contribution >= 0.6 is 0 Å². The Hall–Kier alpha value is -4.20. The van der Waals surface area contributed by atoms with Gasteiger partial charge >= 0.3 is 0 Å². The van der Waals surface area contributed by atoms with Crippen LogP contribution in [0.25, 0.3) is 11.3 Å². The SMILES string of the molecule is CCOc1cc([C@@H]2c3c(-c4cc(C)ccc4O)n[nH]c3C(=O)N2Cc2ccco2)ccc1O. The first-order chi connectivity index (χ1) is 16.0. The number of nitrogens with one attached hydrogen (secondary N) is 1. The smallest absolute Gasteiger partial charge is 0.273 e. The van der Waals surface area contributed by atoms with Crippen molar-refractivity contribution in [2.24, 2.45) is 0 Å². The molecule has 1 aliphatic rings. The molecule has 0 radical (unpaired) electrons. The van der Waals surface area contributed by atoms with Crippen LogP contribution in [-0.2, 0) is 6.54 Å². The average molecular weight is 445 g/mol. The van der Waals surface area contributed by atoms with E-state index in [1.807, 2.05) is 32.0 Å². The molecular formula is C25H23N3O5. The normalized spacial score (nSPS) is 15.2. The third-order valence-corrected chi connectivity index (χ3v) is 5.78. The molecule has 168 valence electrons. The van der Waals surface area contributed by atoms with Gasteiger partial charge in [-0.05, 0) is 55.8 Å². The van der Waals surface area contributed by atoms with Gasteiger partial charge in [-0.25, -0.2) is 0 Å². The van der Waals surface area contributed by atoms with E-state index >= 15 is 0 Å². The zero-order valence-corrected chi connectivity index (χ0v) is 18.2. The van der Waals surface area contributed by atoms with Gasteiger partial charge in [0.05, 0.1) is 25.5 Å². The summed E-state index contributed by atoms with van der Waals surface area (Å²) in [6.45, 7) is 4.39. The lowest BCUT2D eigenvalue weighted by Gasteiger charge is -2.26. The van der Waals surface area contributed by atoms with Gasteiger partial charge < -0.3 is 24.3 Å². The van der Waals surface area contributed by atoms with Crippen LogP contribution in [0.4, 0.5) is 0 Å². The van der Waals surface area contributed by atoms with E-state index in [1.165, 1.54) is 0 Å². The summed E-state index contributed by atoms with van der Waals surface area (Å²) in [5, 5.41) is 28.1. The number of hydrogen-bond donors (Lipinski definition) is 3. The number of amides is 1. The molecule has 1 aliphatic heterocycles. The molecule has 1 atom stereocenters. The molecule has 0 saturated carbocycles. The number of H-pyrrole nitrogens is 1. The van der Waals surface area contributed by atoms with Crippen molar-refractivity contribution in [1.82, 2.24) is 15.1 Å². The predicted octanol–water partition coefficient (Wildman–Crippen LogP) is 4.53. The lowest BCUT2D eigenvalue weighted by molar-refractivity contribution is 0.0716. The first-order valence-electron chi connectivity index (χ1n) is 10.6. The third-order valence-electron chi connectivity index (χ3n) is 5.78. The fourth-order valence-corrected chi connectivity index (χ4v) is 4.29. The summed E-state index contributed by atoms with van der Waals surface area (Å²) in [4.78, 5) is 15.1. The summed E-state index contributed by atoms with van der Waals surface area (Å²) >= 11 is 0. The molecule has 0 unspecified atom stereocenters. The second-order valence-electron chi connectivity index (χ2n) is 7.96.